The number of nitrogens with one attached hydrogen (secondary N) is 1. The van der Waals surface area contributed by atoms with Gasteiger partial charge in [-0.25, -0.2) is 0 Å². The number of hydrogen-bond donors (Lipinski definition) is 1. The van der Waals surface area contributed by atoms with E-state index in [1.165, 1.54) is 18.2 Å². The van der Waals surface area contributed by atoms with Crippen LogP contribution in [0.1, 0.15) is 21.6 Å². The average molecular weight is 350 g/mol. The van der Waals surface area contributed by atoms with Gasteiger partial charge in [0.05, 0.1) is 16.8 Å². The van der Waals surface area contributed by atoms with E-state index in [0.717, 1.165) is 17.6 Å². The first-order valence-corrected chi connectivity index (χ1v) is 7.84. The summed E-state index contributed by atoms with van der Waals surface area (Å²) < 4.78 is 38.9. The van der Waals surface area contributed by atoms with Crippen molar-refractivity contribution in [1.82, 2.24) is 15.5 Å². The summed E-state index contributed by atoms with van der Waals surface area (Å²) in [5.74, 6) is 0.224. The third-order valence-corrected chi connectivity index (χ3v) is 4.09. The van der Waals surface area contributed by atoms with Crippen LogP contribution in [-0.2, 0) is 6.18 Å². The predicted octanol–water partition coefficient (Wildman–Crippen LogP) is 2.67. The van der Waals surface area contributed by atoms with Gasteiger partial charge in [-0.05, 0) is 31.2 Å². The Kier molecular flexibility index (Phi) is 4.61. The van der Waals surface area contributed by atoms with Crippen LogP contribution in [0.3, 0.4) is 0 Å². The molecule has 1 aliphatic heterocycles. The molecule has 0 radical (unpaired) electrons. The molecule has 8 heteroatoms. The molecule has 25 heavy (non-hydrogen) atoms. The van der Waals surface area contributed by atoms with Crippen LogP contribution in [-0.4, -0.2) is 35.7 Å². The lowest BCUT2D eigenvalue weighted by atomic mass is 9.99. The van der Waals surface area contributed by atoms with Crippen molar-refractivity contribution in [3.63, 3.8) is 0 Å². The lowest BCUT2D eigenvalue weighted by Crippen LogP contribution is -2.52. The van der Waals surface area contributed by atoms with Crippen LogP contribution in [0.5, 0.6) is 0 Å². The van der Waals surface area contributed by atoms with Crippen LogP contribution < -0.4 is 10.2 Å². The van der Waals surface area contributed by atoms with Gasteiger partial charge < -0.3 is 10.2 Å². The Balaban J connectivity index is 1.54. The first kappa shape index (κ1) is 17.2. The summed E-state index contributed by atoms with van der Waals surface area (Å²) in [7, 11) is 0. The van der Waals surface area contributed by atoms with Crippen LogP contribution >= 0.6 is 0 Å². The number of anilines is 1. The molecule has 1 saturated heterocycles. The highest BCUT2D eigenvalue weighted by atomic mass is 19.4. The quantitative estimate of drug-likeness (QED) is 0.921. The molecule has 0 bridgehead atoms. The minimum Gasteiger partial charge on any atom is -0.354 e. The van der Waals surface area contributed by atoms with Crippen LogP contribution in [0.2, 0.25) is 0 Å². The molecule has 1 fully saturated rings. The molecular weight excluding hydrogens is 333 g/mol. The van der Waals surface area contributed by atoms with Gasteiger partial charge in [0.15, 0.2) is 5.82 Å². The molecule has 2 heterocycles. The number of aromatic nitrogens is 2. The summed E-state index contributed by atoms with van der Waals surface area (Å²) in [5.41, 5.74) is -0.440. The molecule has 1 amide bonds. The maximum absolute atomic E-state index is 13.0. The smallest absolute Gasteiger partial charge is 0.354 e. The monoisotopic (exact) mass is 350 g/mol. The molecule has 5 nitrogen and oxygen atoms in total. The largest absolute Gasteiger partial charge is 0.417 e. The number of hydrogen-bond acceptors (Lipinski definition) is 4. The maximum Gasteiger partial charge on any atom is 0.417 e. The third-order valence-electron chi connectivity index (χ3n) is 4.09. The Morgan fingerprint density at radius 3 is 2.56 bits per heavy atom. The van der Waals surface area contributed by atoms with Crippen molar-refractivity contribution in [3.8, 4) is 0 Å². The molecular formula is C17H17F3N4O. The summed E-state index contributed by atoms with van der Waals surface area (Å²) in [6, 6.07) is 8.53. The predicted molar refractivity (Wildman–Crippen MR) is 86.2 cm³/mol. The van der Waals surface area contributed by atoms with Gasteiger partial charge in [-0.15, -0.1) is 5.10 Å². The SMILES string of the molecule is Cc1ccc(N2CC(CNC(=O)c3ccccc3C(F)(F)F)C2)nn1. The molecule has 132 valence electrons. The van der Waals surface area contributed by atoms with Gasteiger partial charge in [0.1, 0.15) is 0 Å². The number of halogens is 3. The highest BCUT2D eigenvalue weighted by Gasteiger charge is 2.35. The standard InChI is InChI=1S/C17H17F3N4O/c1-11-6-7-15(23-22-11)24-9-12(10-24)8-21-16(25)13-4-2-3-5-14(13)17(18,19)20/h2-7,12H,8-10H2,1H3,(H,21,25). The van der Waals surface area contributed by atoms with E-state index in [4.69, 9.17) is 0 Å². The van der Waals surface area contributed by atoms with Crippen molar-refractivity contribution in [2.45, 2.75) is 13.1 Å². The lowest BCUT2D eigenvalue weighted by molar-refractivity contribution is -0.137. The Labute approximate surface area is 142 Å². The topological polar surface area (TPSA) is 58.1 Å². The maximum atomic E-state index is 13.0. The average Bonchev–Trinajstić information content (AvgIpc) is 2.54. The van der Waals surface area contributed by atoms with E-state index in [-0.39, 0.29) is 11.5 Å². The third kappa shape index (κ3) is 3.89. The number of carbonyl (C=O) groups is 1. The van der Waals surface area contributed by atoms with E-state index in [1.807, 2.05) is 24.0 Å². The lowest BCUT2D eigenvalue weighted by Gasteiger charge is -2.39. The van der Waals surface area contributed by atoms with E-state index >= 15 is 0 Å². The highest BCUT2D eigenvalue weighted by Crippen LogP contribution is 2.31. The summed E-state index contributed by atoms with van der Waals surface area (Å²) in [4.78, 5) is 14.1. The van der Waals surface area contributed by atoms with E-state index in [9.17, 15) is 18.0 Å². The molecule has 1 aliphatic rings. The van der Waals surface area contributed by atoms with Gasteiger partial charge >= 0.3 is 6.18 Å². The highest BCUT2D eigenvalue weighted by molar-refractivity contribution is 5.95. The Bertz CT molecular complexity index is 755. The summed E-state index contributed by atoms with van der Waals surface area (Å²) >= 11 is 0. The van der Waals surface area contributed by atoms with Crippen molar-refractivity contribution in [1.29, 1.82) is 0 Å². The zero-order valence-corrected chi connectivity index (χ0v) is 13.5. The molecule has 0 aliphatic carbocycles. The first-order valence-electron chi connectivity index (χ1n) is 7.84. The number of rotatable bonds is 4. The Morgan fingerprint density at radius 1 is 1.20 bits per heavy atom. The molecule has 0 unspecified atom stereocenters. The number of nitrogens with zero attached hydrogens (tertiary/aromatic N) is 3. The normalized spacial score (nSPS) is 15.0. The fourth-order valence-corrected chi connectivity index (χ4v) is 2.71. The van der Waals surface area contributed by atoms with E-state index in [0.29, 0.717) is 19.6 Å². The fraction of sp³-hybridized carbons (Fsp3) is 0.353. The Morgan fingerprint density at radius 2 is 1.92 bits per heavy atom. The van der Waals surface area contributed by atoms with E-state index < -0.39 is 17.6 Å². The van der Waals surface area contributed by atoms with Crippen molar-refractivity contribution in [2.75, 3.05) is 24.5 Å². The second kappa shape index (κ2) is 6.70. The van der Waals surface area contributed by atoms with Gasteiger partial charge in [0.25, 0.3) is 5.91 Å². The number of amides is 1. The minimum absolute atomic E-state index is 0.171. The fourth-order valence-electron chi connectivity index (χ4n) is 2.71. The van der Waals surface area contributed by atoms with Crippen molar-refractivity contribution < 1.29 is 18.0 Å². The van der Waals surface area contributed by atoms with Gasteiger partial charge in [-0.2, -0.15) is 18.3 Å². The second-order valence-corrected chi connectivity index (χ2v) is 6.06. The zero-order chi connectivity index (χ0) is 18.0. The number of alkyl halides is 3. The molecule has 2 aromatic rings. The van der Waals surface area contributed by atoms with Crippen LogP contribution in [0.25, 0.3) is 0 Å². The van der Waals surface area contributed by atoms with Gasteiger partial charge in [-0.1, -0.05) is 12.1 Å². The number of carbonyl (C=O) groups excluding carboxylic acids is 1. The first-order chi connectivity index (χ1) is 11.8. The molecule has 3 rings (SSSR count). The van der Waals surface area contributed by atoms with Crippen molar-refractivity contribution in [3.05, 3.63) is 53.2 Å². The van der Waals surface area contributed by atoms with Crippen molar-refractivity contribution >= 4 is 11.7 Å². The molecule has 0 saturated carbocycles. The number of aryl methyl sites for hydroxylation is 1. The minimum atomic E-state index is -4.55. The van der Waals surface area contributed by atoms with Crippen LogP contribution in [0.15, 0.2) is 36.4 Å². The molecule has 0 spiro atoms. The summed E-state index contributed by atoms with van der Waals surface area (Å²) in [6.07, 6.45) is -4.55. The van der Waals surface area contributed by atoms with Gasteiger partial charge in [0, 0.05) is 25.6 Å². The molecule has 1 N–H and O–H groups in total. The molecule has 0 atom stereocenters. The van der Waals surface area contributed by atoms with Gasteiger partial charge in [0.2, 0.25) is 0 Å². The van der Waals surface area contributed by atoms with E-state index in [2.05, 4.69) is 15.5 Å². The zero-order valence-electron chi connectivity index (χ0n) is 13.5. The number of benzene rings is 1. The van der Waals surface area contributed by atoms with Crippen LogP contribution in [0, 0.1) is 12.8 Å². The van der Waals surface area contributed by atoms with E-state index in [1.54, 1.807) is 0 Å². The summed E-state index contributed by atoms with van der Waals surface area (Å²) in [6.45, 7) is 3.53. The van der Waals surface area contributed by atoms with Gasteiger partial charge in [-0.3, -0.25) is 4.79 Å². The summed E-state index contributed by atoms with van der Waals surface area (Å²) in [5, 5.41) is 10.7. The molecule has 1 aromatic heterocycles. The Hall–Kier alpha value is -2.64. The molecule has 1 aromatic carbocycles. The second-order valence-electron chi connectivity index (χ2n) is 6.06. The van der Waals surface area contributed by atoms with Crippen LogP contribution in [0.4, 0.5) is 19.0 Å². The van der Waals surface area contributed by atoms with Crippen molar-refractivity contribution in [2.24, 2.45) is 5.92 Å².